The largest absolute Gasteiger partial charge is 0.497 e. The Labute approximate surface area is 116 Å². The van der Waals surface area contributed by atoms with Gasteiger partial charge in [0.05, 0.1) is 12.0 Å². The number of alkyl halides is 1. The molecule has 19 heavy (non-hydrogen) atoms. The lowest BCUT2D eigenvalue weighted by Crippen LogP contribution is -2.53. The highest BCUT2D eigenvalue weighted by Gasteiger charge is 2.49. The third kappa shape index (κ3) is 2.47. The van der Waals surface area contributed by atoms with Gasteiger partial charge in [-0.3, -0.25) is 10.1 Å². The fraction of sp³-hybridized carbons (Fsp3) is 0.538. The summed E-state index contributed by atoms with van der Waals surface area (Å²) in [5.74, 6) is 0.756. The number of hydrogen-bond acceptors (Lipinski definition) is 4. The van der Waals surface area contributed by atoms with Crippen LogP contribution in [0.25, 0.3) is 0 Å². The number of ether oxygens (including phenoxy) is 2. The van der Waals surface area contributed by atoms with Crippen LogP contribution < -0.4 is 9.47 Å². The number of nitrogens with zero attached hydrogens (tertiary/aromatic N) is 1. The molecule has 2 unspecified atom stereocenters. The summed E-state index contributed by atoms with van der Waals surface area (Å²) in [6, 6.07) is 4.47. The quantitative estimate of drug-likeness (QED) is 0.483. The molecule has 5 nitrogen and oxygen atoms in total. The molecule has 1 aromatic carbocycles. The fourth-order valence-corrected chi connectivity index (χ4v) is 2.36. The number of methoxy groups -OCH3 is 1. The Balaban J connectivity index is 2.26. The van der Waals surface area contributed by atoms with E-state index in [1.165, 1.54) is 19.2 Å². The molecule has 0 amide bonds. The van der Waals surface area contributed by atoms with Crippen molar-refractivity contribution in [1.82, 2.24) is 0 Å². The molecule has 0 saturated heterocycles. The van der Waals surface area contributed by atoms with E-state index in [9.17, 15) is 10.1 Å². The van der Waals surface area contributed by atoms with Gasteiger partial charge in [-0.25, -0.2) is 0 Å². The van der Waals surface area contributed by atoms with E-state index in [2.05, 4.69) is 0 Å². The van der Waals surface area contributed by atoms with Crippen LogP contribution in [0.5, 0.6) is 11.5 Å². The van der Waals surface area contributed by atoms with Crippen LogP contribution in [0.4, 0.5) is 5.69 Å². The van der Waals surface area contributed by atoms with E-state index >= 15 is 0 Å². The summed E-state index contributed by atoms with van der Waals surface area (Å²) in [5, 5.41) is 11.0. The molecular weight excluding hydrogens is 270 g/mol. The van der Waals surface area contributed by atoms with Crippen molar-refractivity contribution in [3.05, 3.63) is 28.3 Å². The summed E-state index contributed by atoms with van der Waals surface area (Å²) in [7, 11) is 1.51. The van der Waals surface area contributed by atoms with Gasteiger partial charge in [-0.2, -0.15) is 0 Å². The van der Waals surface area contributed by atoms with Gasteiger partial charge in [0.15, 0.2) is 0 Å². The summed E-state index contributed by atoms with van der Waals surface area (Å²) in [5.41, 5.74) is -0.256. The molecule has 0 aromatic heterocycles. The molecule has 0 bridgehead atoms. The topological polar surface area (TPSA) is 61.6 Å². The Morgan fingerprint density at radius 1 is 1.47 bits per heavy atom. The molecule has 1 aliphatic rings. The second-order valence-electron chi connectivity index (χ2n) is 5.22. The smallest absolute Gasteiger partial charge is 0.311 e. The van der Waals surface area contributed by atoms with Gasteiger partial charge in [0, 0.05) is 29.3 Å². The zero-order chi connectivity index (χ0) is 14.2. The van der Waals surface area contributed by atoms with Crippen molar-refractivity contribution in [3.8, 4) is 11.5 Å². The van der Waals surface area contributed by atoms with E-state index in [1.807, 2.05) is 13.8 Å². The first kappa shape index (κ1) is 13.9. The van der Waals surface area contributed by atoms with Gasteiger partial charge in [0.2, 0.25) is 5.75 Å². The summed E-state index contributed by atoms with van der Waals surface area (Å²) in [6.07, 6.45) is 0.559. The molecule has 1 aromatic rings. The number of rotatable bonds is 4. The second kappa shape index (κ2) is 4.89. The lowest BCUT2D eigenvalue weighted by atomic mass is 9.68. The van der Waals surface area contributed by atoms with Crippen LogP contribution in [0.15, 0.2) is 18.2 Å². The van der Waals surface area contributed by atoms with Crippen molar-refractivity contribution < 1.29 is 14.4 Å². The zero-order valence-corrected chi connectivity index (χ0v) is 11.8. The van der Waals surface area contributed by atoms with Gasteiger partial charge in [-0.05, 0) is 6.07 Å². The van der Waals surface area contributed by atoms with E-state index in [-0.39, 0.29) is 28.3 Å². The van der Waals surface area contributed by atoms with Crippen LogP contribution >= 0.6 is 11.6 Å². The molecule has 1 aliphatic carbocycles. The van der Waals surface area contributed by atoms with Crippen molar-refractivity contribution >= 4 is 17.3 Å². The monoisotopic (exact) mass is 285 g/mol. The molecule has 2 rings (SSSR count). The van der Waals surface area contributed by atoms with Crippen LogP contribution in [0.3, 0.4) is 0 Å². The molecule has 0 N–H and O–H groups in total. The number of benzene rings is 1. The molecule has 1 saturated carbocycles. The zero-order valence-electron chi connectivity index (χ0n) is 11.1. The predicted molar refractivity (Wildman–Crippen MR) is 72.1 cm³/mol. The Morgan fingerprint density at radius 3 is 2.63 bits per heavy atom. The molecule has 104 valence electrons. The predicted octanol–water partition coefficient (Wildman–Crippen LogP) is 3.39. The van der Waals surface area contributed by atoms with Gasteiger partial charge in [-0.1, -0.05) is 13.8 Å². The van der Waals surface area contributed by atoms with Gasteiger partial charge < -0.3 is 9.47 Å². The summed E-state index contributed by atoms with van der Waals surface area (Å²) < 4.78 is 10.8. The van der Waals surface area contributed by atoms with E-state index in [4.69, 9.17) is 21.1 Å². The molecule has 2 atom stereocenters. The number of hydrogen-bond donors (Lipinski definition) is 0. The van der Waals surface area contributed by atoms with Crippen LogP contribution in [-0.2, 0) is 0 Å². The molecular formula is C13H16ClNO4. The van der Waals surface area contributed by atoms with Crippen molar-refractivity contribution in [2.24, 2.45) is 5.41 Å². The Bertz CT molecular complexity index is 503. The minimum atomic E-state index is -0.460. The molecule has 1 fully saturated rings. The lowest BCUT2D eigenvalue weighted by Gasteiger charge is -2.48. The summed E-state index contributed by atoms with van der Waals surface area (Å²) in [4.78, 5) is 10.5. The van der Waals surface area contributed by atoms with Crippen molar-refractivity contribution in [2.75, 3.05) is 7.11 Å². The lowest BCUT2D eigenvalue weighted by molar-refractivity contribution is -0.386. The molecule has 0 spiro atoms. The average molecular weight is 286 g/mol. The summed E-state index contributed by atoms with van der Waals surface area (Å²) >= 11 is 6.12. The SMILES string of the molecule is COc1ccc([N+](=O)[O-])c(OC2CC(Cl)C2(C)C)c1. The molecule has 0 heterocycles. The Hall–Kier alpha value is -1.49. The van der Waals surface area contributed by atoms with Gasteiger partial charge in [0.25, 0.3) is 0 Å². The van der Waals surface area contributed by atoms with Crippen molar-refractivity contribution in [2.45, 2.75) is 31.7 Å². The Kier molecular flexibility index (Phi) is 3.58. The fourth-order valence-electron chi connectivity index (χ4n) is 2.06. The third-order valence-corrected chi connectivity index (χ3v) is 4.43. The van der Waals surface area contributed by atoms with Crippen LogP contribution in [-0.4, -0.2) is 23.5 Å². The molecule has 6 heteroatoms. The Morgan fingerprint density at radius 2 is 2.16 bits per heavy atom. The van der Waals surface area contributed by atoms with Gasteiger partial charge in [-0.15, -0.1) is 11.6 Å². The van der Waals surface area contributed by atoms with Crippen LogP contribution in [0.1, 0.15) is 20.3 Å². The minimum absolute atomic E-state index is 0.0298. The van der Waals surface area contributed by atoms with Crippen molar-refractivity contribution in [3.63, 3.8) is 0 Å². The van der Waals surface area contributed by atoms with Crippen LogP contribution in [0.2, 0.25) is 0 Å². The summed E-state index contributed by atoms with van der Waals surface area (Å²) in [6.45, 7) is 3.98. The first-order valence-electron chi connectivity index (χ1n) is 5.99. The number of halogens is 1. The van der Waals surface area contributed by atoms with Gasteiger partial charge in [0.1, 0.15) is 11.9 Å². The standard InChI is InChI=1S/C13H16ClNO4/c1-13(2)11(14)7-12(13)19-10-6-8(18-3)4-5-9(10)15(16)17/h4-6,11-12H,7H2,1-3H3. The third-order valence-electron chi connectivity index (χ3n) is 3.69. The molecule has 0 aliphatic heterocycles. The highest BCUT2D eigenvalue weighted by molar-refractivity contribution is 6.21. The maximum absolute atomic E-state index is 11.0. The van der Waals surface area contributed by atoms with E-state index in [0.29, 0.717) is 12.2 Å². The van der Waals surface area contributed by atoms with Gasteiger partial charge >= 0.3 is 5.69 Å². The maximum atomic E-state index is 11.0. The maximum Gasteiger partial charge on any atom is 0.311 e. The highest BCUT2D eigenvalue weighted by atomic mass is 35.5. The average Bonchev–Trinajstić information content (AvgIpc) is 2.38. The molecule has 0 radical (unpaired) electrons. The number of nitro benzene ring substituents is 1. The number of nitro groups is 1. The first-order valence-corrected chi connectivity index (χ1v) is 6.43. The first-order chi connectivity index (χ1) is 8.86. The van der Waals surface area contributed by atoms with E-state index in [1.54, 1.807) is 6.07 Å². The highest BCUT2D eigenvalue weighted by Crippen LogP contribution is 2.47. The second-order valence-corrected chi connectivity index (χ2v) is 5.75. The van der Waals surface area contributed by atoms with E-state index < -0.39 is 4.92 Å². The normalized spacial score (nSPS) is 24.4. The van der Waals surface area contributed by atoms with Crippen molar-refractivity contribution in [1.29, 1.82) is 0 Å². The van der Waals surface area contributed by atoms with E-state index in [0.717, 1.165) is 0 Å². The minimum Gasteiger partial charge on any atom is -0.497 e. The van der Waals surface area contributed by atoms with Crippen LogP contribution in [0, 0.1) is 15.5 Å².